The molecule has 32 heavy (non-hydrogen) atoms. The Bertz CT molecular complexity index is 1440. The number of H-pyrrole nitrogens is 1. The van der Waals surface area contributed by atoms with E-state index in [-0.39, 0.29) is 23.1 Å². The second-order valence-electron chi connectivity index (χ2n) is 7.17. The number of nitrogens with two attached hydrogens (primary N) is 2. The first-order valence-corrected chi connectivity index (χ1v) is 11.1. The highest BCUT2D eigenvalue weighted by atomic mass is 32.2. The molecule has 0 bridgehead atoms. The fourth-order valence-electron chi connectivity index (χ4n) is 3.36. The van der Waals surface area contributed by atoms with E-state index < -0.39 is 10.0 Å². The highest BCUT2D eigenvalue weighted by Crippen LogP contribution is 2.27. The number of anilines is 1. The van der Waals surface area contributed by atoms with Crippen molar-refractivity contribution in [3.8, 4) is 11.1 Å². The second-order valence-corrected chi connectivity index (χ2v) is 8.70. The molecular weight excluding hydrogens is 428 g/mol. The van der Waals surface area contributed by atoms with Gasteiger partial charge in [0.25, 0.3) is 0 Å². The van der Waals surface area contributed by atoms with Crippen LogP contribution in [0.1, 0.15) is 11.4 Å². The number of fused-ring (bicyclic) bond motifs is 1. The summed E-state index contributed by atoms with van der Waals surface area (Å²) in [5.74, 6) is 0.168. The van der Waals surface area contributed by atoms with Gasteiger partial charge >= 0.3 is 0 Å². The summed E-state index contributed by atoms with van der Waals surface area (Å²) in [5.41, 5.74) is 9.15. The van der Waals surface area contributed by atoms with Gasteiger partial charge in [0.15, 0.2) is 0 Å². The maximum Gasteiger partial charge on any atom is 0.238 e. The van der Waals surface area contributed by atoms with Gasteiger partial charge in [-0.15, -0.1) is 0 Å². The minimum absolute atomic E-state index is 0.0279. The Morgan fingerprint density at radius 2 is 1.78 bits per heavy atom. The molecule has 4 aromatic rings. The maximum absolute atomic E-state index is 12.5. The van der Waals surface area contributed by atoms with E-state index in [1.807, 2.05) is 0 Å². The quantitative estimate of drug-likeness (QED) is 0.225. The van der Waals surface area contributed by atoms with Crippen LogP contribution in [0.3, 0.4) is 0 Å². The monoisotopic (exact) mass is 448 g/mol. The number of amidine groups is 1. The number of rotatable bonds is 6. The highest BCUT2D eigenvalue weighted by Gasteiger charge is 2.15. The van der Waals surface area contributed by atoms with Crippen molar-refractivity contribution in [3.05, 3.63) is 78.1 Å². The molecule has 0 saturated heterocycles. The van der Waals surface area contributed by atoms with Crippen LogP contribution >= 0.6 is 0 Å². The standard InChI is InChI=1S/C22H20N6O3S/c23-22(24)14-7-10-17-18(11-14)28-20(27-17)12-21(29)26-15-8-5-13(6-9-15)16-3-1-2-4-19(16)32(25,30)31/h1-11H,12H2,(H3,23,24)(H,26,29)(H,27,28)(H2,25,30,31). The summed E-state index contributed by atoms with van der Waals surface area (Å²) in [5, 5.41) is 15.6. The van der Waals surface area contributed by atoms with Crippen molar-refractivity contribution < 1.29 is 13.2 Å². The summed E-state index contributed by atoms with van der Waals surface area (Å²) in [6, 6.07) is 18.4. The first kappa shape index (κ1) is 21.2. The van der Waals surface area contributed by atoms with E-state index in [9.17, 15) is 13.2 Å². The Morgan fingerprint density at radius 3 is 2.47 bits per heavy atom. The molecule has 10 heteroatoms. The number of hydrogen-bond donors (Lipinski definition) is 5. The van der Waals surface area contributed by atoms with Gasteiger partial charge in [-0.25, -0.2) is 18.5 Å². The topological polar surface area (TPSA) is 168 Å². The molecule has 0 unspecified atom stereocenters. The number of aromatic amines is 1. The molecule has 0 aliphatic rings. The molecule has 0 aliphatic carbocycles. The van der Waals surface area contributed by atoms with Crippen molar-refractivity contribution >= 4 is 38.5 Å². The summed E-state index contributed by atoms with van der Waals surface area (Å²) < 4.78 is 23.6. The zero-order chi connectivity index (χ0) is 22.9. The third-order valence-electron chi connectivity index (χ3n) is 4.84. The predicted octanol–water partition coefficient (Wildman–Crippen LogP) is 2.34. The number of benzene rings is 3. The van der Waals surface area contributed by atoms with Crippen LogP contribution in [0.2, 0.25) is 0 Å². The van der Waals surface area contributed by atoms with Crippen LogP contribution in [-0.4, -0.2) is 30.1 Å². The smallest absolute Gasteiger partial charge is 0.238 e. The van der Waals surface area contributed by atoms with Gasteiger partial charge in [0.2, 0.25) is 15.9 Å². The molecule has 0 saturated carbocycles. The number of hydrogen-bond acceptors (Lipinski definition) is 5. The van der Waals surface area contributed by atoms with Crippen LogP contribution in [0.15, 0.2) is 71.6 Å². The van der Waals surface area contributed by atoms with E-state index in [1.54, 1.807) is 60.7 Å². The lowest BCUT2D eigenvalue weighted by atomic mass is 10.1. The second kappa shape index (κ2) is 8.25. The van der Waals surface area contributed by atoms with Gasteiger partial charge < -0.3 is 16.0 Å². The molecule has 162 valence electrons. The molecular formula is C22H20N6O3S. The van der Waals surface area contributed by atoms with Gasteiger partial charge in [0.1, 0.15) is 11.7 Å². The molecule has 9 nitrogen and oxygen atoms in total. The first-order valence-electron chi connectivity index (χ1n) is 9.56. The average Bonchev–Trinajstić information content (AvgIpc) is 3.14. The summed E-state index contributed by atoms with van der Waals surface area (Å²) in [7, 11) is -3.86. The molecule has 1 amide bonds. The summed E-state index contributed by atoms with van der Waals surface area (Å²) in [6.45, 7) is 0. The van der Waals surface area contributed by atoms with Gasteiger partial charge in [-0.1, -0.05) is 30.3 Å². The van der Waals surface area contributed by atoms with Crippen molar-refractivity contribution in [3.63, 3.8) is 0 Å². The van der Waals surface area contributed by atoms with Crippen LogP contribution in [0.5, 0.6) is 0 Å². The van der Waals surface area contributed by atoms with Gasteiger partial charge in [-0.2, -0.15) is 0 Å². The first-order chi connectivity index (χ1) is 15.2. The number of nitrogen functional groups attached to an aromatic ring is 1. The van der Waals surface area contributed by atoms with Crippen molar-refractivity contribution in [1.29, 1.82) is 5.41 Å². The maximum atomic E-state index is 12.5. The molecule has 7 N–H and O–H groups in total. The molecule has 0 fully saturated rings. The van der Waals surface area contributed by atoms with E-state index in [2.05, 4.69) is 15.3 Å². The molecule has 0 aliphatic heterocycles. The molecule has 1 aromatic heterocycles. The molecule has 4 rings (SSSR count). The molecule has 0 atom stereocenters. The predicted molar refractivity (Wildman–Crippen MR) is 123 cm³/mol. The number of amides is 1. The molecule has 3 aromatic carbocycles. The fourth-order valence-corrected chi connectivity index (χ4v) is 4.12. The van der Waals surface area contributed by atoms with Crippen molar-refractivity contribution in [2.24, 2.45) is 10.9 Å². The van der Waals surface area contributed by atoms with E-state index in [1.165, 1.54) is 6.07 Å². The van der Waals surface area contributed by atoms with Crippen molar-refractivity contribution in [1.82, 2.24) is 9.97 Å². The number of sulfonamides is 1. The number of carbonyl (C=O) groups is 1. The van der Waals surface area contributed by atoms with Crippen molar-refractivity contribution in [2.45, 2.75) is 11.3 Å². The number of primary sulfonamides is 1. The van der Waals surface area contributed by atoms with Gasteiger partial charge in [-0.3, -0.25) is 10.2 Å². The summed E-state index contributed by atoms with van der Waals surface area (Å²) >= 11 is 0. The van der Waals surface area contributed by atoms with Crippen LogP contribution in [-0.2, 0) is 21.2 Å². The number of carbonyl (C=O) groups excluding carboxylic acids is 1. The van der Waals surface area contributed by atoms with E-state index >= 15 is 0 Å². The lowest BCUT2D eigenvalue weighted by molar-refractivity contribution is -0.115. The van der Waals surface area contributed by atoms with Gasteiger partial charge in [0, 0.05) is 16.8 Å². The lowest BCUT2D eigenvalue weighted by Crippen LogP contribution is -2.15. The number of nitrogens with zero attached hydrogens (tertiary/aromatic N) is 1. The Balaban J connectivity index is 1.48. The van der Waals surface area contributed by atoms with Crippen LogP contribution in [0.4, 0.5) is 5.69 Å². The van der Waals surface area contributed by atoms with Crippen LogP contribution in [0, 0.1) is 5.41 Å². The fraction of sp³-hybridized carbons (Fsp3) is 0.0455. The molecule has 0 spiro atoms. The van der Waals surface area contributed by atoms with E-state index in [0.717, 1.165) is 0 Å². The number of nitrogens with one attached hydrogen (secondary N) is 3. The lowest BCUT2D eigenvalue weighted by Gasteiger charge is -2.09. The Hall–Kier alpha value is -4.02. The normalized spacial score (nSPS) is 11.4. The average molecular weight is 449 g/mol. The van der Waals surface area contributed by atoms with Crippen LogP contribution < -0.4 is 16.2 Å². The SMILES string of the molecule is N=C(N)c1ccc2nc(CC(=O)Nc3ccc(-c4ccccc4S(N)(=O)=O)cc3)[nH]c2c1. The zero-order valence-corrected chi connectivity index (χ0v) is 17.6. The minimum atomic E-state index is -3.86. The van der Waals surface area contributed by atoms with E-state index in [4.69, 9.17) is 16.3 Å². The Morgan fingerprint density at radius 1 is 1.06 bits per heavy atom. The summed E-state index contributed by atoms with van der Waals surface area (Å²) in [4.78, 5) is 19.9. The minimum Gasteiger partial charge on any atom is -0.384 e. The zero-order valence-electron chi connectivity index (χ0n) is 16.8. The van der Waals surface area contributed by atoms with E-state index in [0.29, 0.717) is 39.2 Å². The molecule has 1 heterocycles. The van der Waals surface area contributed by atoms with Gasteiger partial charge in [-0.05, 0) is 42.0 Å². The third kappa shape index (κ3) is 4.51. The number of aromatic nitrogens is 2. The Labute approximate surface area is 184 Å². The van der Waals surface area contributed by atoms with Crippen LogP contribution in [0.25, 0.3) is 22.2 Å². The Kier molecular flexibility index (Phi) is 5.47. The molecule has 0 radical (unpaired) electrons. The van der Waals surface area contributed by atoms with Crippen molar-refractivity contribution in [2.75, 3.05) is 5.32 Å². The summed E-state index contributed by atoms with van der Waals surface area (Å²) in [6.07, 6.45) is 0.0279. The van der Waals surface area contributed by atoms with Gasteiger partial charge in [0.05, 0.1) is 22.3 Å². The number of imidazole rings is 1. The third-order valence-corrected chi connectivity index (χ3v) is 5.81. The highest BCUT2D eigenvalue weighted by molar-refractivity contribution is 7.89. The largest absolute Gasteiger partial charge is 0.384 e.